The van der Waals surface area contributed by atoms with Gasteiger partial charge < -0.3 is 15.8 Å². The van der Waals surface area contributed by atoms with E-state index in [9.17, 15) is 13.2 Å². The molecule has 0 aromatic carbocycles. The molecule has 0 atom stereocenters. The molecule has 15 heavy (non-hydrogen) atoms. The highest BCUT2D eigenvalue weighted by molar-refractivity contribution is 5.78. The van der Waals surface area contributed by atoms with Crippen LogP contribution in [0.5, 0.6) is 0 Å². The van der Waals surface area contributed by atoms with E-state index in [4.69, 9.17) is 5.73 Å². The van der Waals surface area contributed by atoms with Crippen molar-refractivity contribution in [3.8, 4) is 0 Å². The van der Waals surface area contributed by atoms with Gasteiger partial charge in [-0.25, -0.2) is 0 Å². The zero-order chi connectivity index (χ0) is 11.3. The van der Waals surface area contributed by atoms with E-state index in [1.807, 2.05) is 0 Å². The van der Waals surface area contributed by atoms with E-state index in [-0.39, 0.29) is 19.1 Å². The predicted octanol–water partition coefficient (Wildman–Crippen LogP) is 0.632. The fourth-order valence-electron chi connectivity index (χ4n) is 0.901. The van der Waals surface area contributed by atoms with Crippen molar-refractivity contribution in [2.24, 2.45) is 10.7 Å². The molecule has 88 valence electrons. The number of guanidine groups is 1. The fourth-order valence-corrected chi connectivity index (χ4v) is 0.901. The lowest BCUT2D eigenvalue weighted by molar-refractivity contribution is -0.173. The second-order valence-electron chi connectivity index (χ2n) is 3.35. The second-order valence-corrected chi connectivity index (χ2v) is 3.35. The Labute approximate surface area is 85.7 Å². The average Bonchev–Trinajstić information content (AvgIpc) is 2.85. The minimum Gasteiger partial charge on any atom is -0.370 e. The van der Waals surface area contributed by atoms with Crippen LogP contribution < -0.4 is 11.1 Å². The number of nitrogens with one attached hydrogen (secondary N) is 1. The van der Waals surface area contributed by atoms with Crippen molar-refractivity contribution in [2.45, 2.75) is 25.1 Å². The first kappa shape index (κ1) is 12.1. The van der Waals surface area contributed by atoms with Crippen LogP contribution in [0, 0.1) is 0 Å². The standard InChI is InChI=1S/C8H14F3N3O/c9-8(10,11)5-15-4-3-13-7(12)14-6-1-2-6/h6H,1-5H2,(H3,12,13,14). The van der Waals surface area contributed by atoms with Gasteiger partial charge in [0.05, 0.1) is 13.2 Å². The summed E-state index contributed by atoms with van der Waals surface area (Å²) in [5.74, 6) is 0.271. The van der Waals surface area contributed by atoms with Crippen LogP contribution in [-0.4, -0.2) is 37.9 Å². The molecule has 1 aliphatic rings. The summed E-state index contributed by atoms with van der Waals surface area (Å²) in [7, 11) is 0. The molecular weight excluding hydrogens is 211 g/mol. The van der Waals surface area contributed by atoms with E-state index >= 15 is 0 Å². The normalized spacial score (nSPS) is 17.9. The van der Waals surface area contributed by atoms with Gasteiger partial charge >= 0.3 is 6.18 Å². The first-order valence-corrected chi connectivity index (χ1v) is 4.68. The lowest BCUT2D eigenvalue weighted by atomic mass is 10.6. The van der Waals surface area contributed by atoms with Crippen LogP contribution in [0.4, 0.5) is 13.2 Å². The van der Waals surface area contributed by atoms with Gasteiger partial charge in [0.25, 0.3) is 0 Å². The number of aliphatic imine (C=N–C) groups is 1. The number of hydrogen-bond acceptors (Lipinski definition) is 2. The van der Waals surface area contributed by atoms with Crippen LogP contribution in [0.15, 0.2) is 4.99 Å². The molecule has 0 spiro atoms. The summed E-state index contributed by atoms with van der Waals surface area (Å²) in [6.07, 6.45) is -2.14. The zero-order valence-electron chi connectivity index (χ0n) is 8.18. The van der Waals surface area contributed by atoms with Gasteiger partial charge in [-0.3, -0.25) is 4.99 Å². The van der Waals surface area contributed by atoms with Gasteiger partial charge in [-0.05, 0) is 12.8 Å². The zero-order valence-corrected chi connectivity index (χ0v) is 8.18. The number of alkyl halides is 3. The molecule has 0 aromatic heterocycles. The number of hydrogen-bond donors (Lipinski definition) is 2. The Kier molecular flexibility index (Phi) is 4.19. The summed E-state index contributed by atoms with van der Waals surface area (Å²) in [5, 5.41) is 2.91. The third kappa shape index (κ3) is 7.01. The van der Waals surface area contributed by atoms with Gasteiger partial charge in [0.1, 0.15) is 6.61 Å². The van der Waals surface area contributed by atoms with Gasteiger partial charge in [0.2, 0.25) is 0 Å². The van der Waals surface area contributed by atoms with Crippen molar-refractivity contribution in [3.05, 3.63) is 0 Å². The number of halogens is 3. The first-order valence-electron chi connectivity index (χ1n) is 4.68. The predicted molar refractivity (Wildman–Crippen MR) is 49.5 cm³/mol. The van der Waals surface area contributed by atoms with Crippen LogP contribution >= 0.6 is 0 Å². The number of nitrogens with zero attached hydrogens (tertiary/aromatic N) is 1. The lowest BCUT2D eigenvalue weighted by Gasteiger charge is -2.06. The average molecular weight is 225 g/mol. The Morgan fingerprint density at radius 1 is 1.47 bits per heavy atom. The SMILES string of the molecule is NC(=NCCOCC(F)(F)F)NC1CC1. The molecule has 7 heteroatoms. The molecule has 0 aliphatic heterocycles. The molecule has 0 aromatic rings. The Bertz CT molecular complexity index is 226. The third-order valence-electron chi connectivity index (χ3n) is 1.71. The minimum atomic E-state index is -4.28. The molecule has 0 amide bonds. The molecular formula is C8H14F3N3O. The molecule has 0 unspecified atom stereocenters. The van der Waals surface area contributed by atoms with Crippen LogP contribution in [0.1, 0.15) is 12.8 Å². The maximum absolute atomic E-state index is 11.6. The smallest absolute Gasteiger partial charge is 0.370 e. The van der Waals surface area contributed by atoms with Crippen molar-refractivity contribution >= 4 is 5.96 Å². The summed E-state index contributed by atoms with van der Waals surface area (Å²) >= 11 is 0. The van der Waals surface area contributed by atoms with Crippen molar-refractivity contribution < 1.29 is 17.9 Å². The molecule has 0 heterocycles. The van der Waals surface area contributed by atoms with Gasteiger partial charge in [-0.15, -0.1) is 0 Å². The van der Waals surface area contributed by atoms with Gasteiger partial charge in [-0.1, -0.05) is 0 Å². The van der Waals surface area contributed by atoms with E-state index in [1.165, 1.54) is 0 Å². The molecule has 1 aliphatic carbocycles. The highest BCUT2D eigenvalue weighted by Gasteiger charge is 2.27. The van der Waals surface area contributed by atoms with Crippen molar-refractivity contribution in [2.75, 3.05) is 19.8 Å². The highest BCUT2D eigenvalue weighted by Crippen LogP contribution is 2.18. The molecule has 3 N–H and O–H groups in total. The Morgan fingerprint density at radius 2 is 2.13 bits per heavy atom. The maximum Gasteiger partial charge on any atom is 0.411 e. The van der Waals surface area contributed by atoms with Crippen LogP contribution in [0.2, 0.25) is 0 Å². The van der Waals surface area contributed by atoms with Gasteiger partial charge in [0, 0.05) is 6.04 Å². The quantitative estimate of drug-likeness (QED) is 0.410. The largest absolute Gasteiger partial charge is 0.411 e. The minimum absolute atomic E-state index is 0.0768. The Morgan fingerprint density at radius 3 is 2.67 bits per heavy atom. The summed E-state index contributed by atoms with van der Waals surface area (Å²) in [4.78, 5) is 3.81. The molecule has 1 rings (SSSR count). The monoisotopic (exact) mass is 225 g/mol. The van der Waals surface area contributed by atoms with Crippen LogP contribution in [-0.2, 0) is 4.74 Å². The van der Waals surface area contributed by atoms with Gasteiger partial charge in [-0.2, -0.15) is 13.2 Å². The first-order chi connectivity index (χ1) is 6.97. The maximum atomic E-state index is 11.6. The topological polar surface area (TPSA) is 59.6 Å². The highest BCUT2D eigenvalue weighted by atomic mass is 19.4. The van der Waals surface area contributed by atoms with Crippen molar-refractivity contribution in [1.29, 1.82) is 0 Å². The number of ether oxygens (including phenoxy) is 1. The molecule has 4 nitrogen and oxygen atoms in total. The Hall–Kier alpha value is -0.980. The number of nitrogens with two attached hydrogens (primary N) is 1. The van der Waals surface area contributed by atoms with E-state index in [0.717, 1.165) is 12.8 Å². The van der Waals surface area contributed by atoms with Crippen LogP contribution in [0.3, 0.4) is 0 Å². The summed E-state index contributed by atoms with van der Waals surface area (Å²) in [6.45, 7) is -1.17. The molecule has 0 radical (unpaired) electrons. The van der Waals surface area contributed by atoms with Crippen molar-refractivity contribution in [3.63, 3.8) is 0 Å². The van der Waals surface area contributed by atoms with Crippen LogP contribution in [0.25, 0.3) is 0 Å². The Balaban J connectivity index is 1.99. The fraction of sp³-hybridized carbons (Fsp3) is 0.875. The molecule has 1 saturated carbocycles. The van der Waals surface area contributed by atoms with Crippen molar-refractivity contribution in [1.82, 2.24) is 5.32 Å². The summed E-state index contributed by atoms with van der Waals surface area (Å²) < 4.78 is 39.2. The van der Waals surface area contributed by atoms with E-state index in [2.05, 4.69) is 15.0 Å². The lowest BCUT2D eigenvalue weighted by Crippen LogP contribution is -2.33. The third-order valence-corrected chi connectivity index (χ3v) is 1.71. The molecule has 0 bridgehead atoms. The molecule has 1 fully saturated rings. The number of rotatable bonds is 5. The van der Waals surface area contributed by atoms with Gasteiger partial charge in [0.15, 0.2) is 5.96 Å². The van der Waals surface area contributed by atoms with E-state index < -0.39 is 12.8 Å². The van der Waals surface area contributed by atoms with E-state index in [1.54, 1.807) is 0 Å². The second kappa shape index (κ2) is 5.20. The summed E-state index contributed by atoms with van der Waals surface area (Å²) in [5.41, 5.74) is 5.44. The molecule has 0 saturated heterocycles. The van der Waals surface area contributed by atoms with E-state index in [0.29, 0.717) is 6.04 Å². The summed E-state index contributed by atoms with van der Waals surface area (Å²) in [6, 6.07) is 0.393.